The van der Waals surface area contributed by atoms with E-state index in [-0.39, 0.29) is 30.5 Å². The summed E-state index contributed by atoms with van der Waals surface area (Å²) in [4.78, 5) is 18.7. The van der Waals surface area contributed by atoms with Crippen LogP contribution in [-0.4, -0.2) is 46.7 Å². The summed E-state index contributed by atoms with van der Waals surface area (Å²) in [7, 11) is 1.79. The van der Waals surface area contributed by atoms with Crippen molar-refractivity contribution in [1.29, 1.82) is 0 Å². The summed E-state index contributed by atoms with van der Waals surface area (Å²) >= 11 is 0. The number of nitrogens with one attached hydrogen (secondary N) is 1. The second-order valence-electron chi connectivity index (χ2n) is 6.94. The Balaban J connectivity index is 0.00000225. The van der Waals surface area contributed by atoms with Crippen molar-refractivity contribution in [3.05, 3.63) is 11.7 Å². The van der Waals surface area contributed by atoms with Crippen molar-refractivity contribution >= 4 is 18.3 Å². The summed E-state index contributed by atoms with van der Waals surface area (Å²) in [5, 5.41) is 7.46. The van der Waals surface area contributed by atoms with Crippen LogP contribution in [0.3, 0.4) is 0 Å². The lowest BCUT2D eigenvalue weighted by atomic mass is 9.85. The van der Waals surface area contributed by atoms with Crippen LogP contribution in [0.2, 0.25) is 0 Å². The van der Waals surface area contributed by atoms with Gasteiger partial charge in [-0.1, -0.05) is 18.0 Å². The van der Waals surface area contributed by atoms with Gasteiger partial charge in [-0.3, -0.25) is 4.79 Å². The van der Waals surface area contributed by atoms with Crippen LogP contribution in [0.25, 0.3) is 0 Å². The molecule has 2 heterocycles. The van der Waals surface area contributed by atoms with Crippen molar-refractivity contribution in [3.63, 3.8) is 0 Å². The predicted molar refractivity (Wildman–Crippen MR) is 95.3 cm³/mol. The minimum atomic E-state index is -0.201. The van der Waals surface area contributed by atoms with Crippen LogP contribution in [0.15, 0.2) is 4.52 Å². The van der Waals surface area contributed by atoms with Gasteiger partial charge in [0.25, 0.3) is 0 Å². The largest absolute Gasteiger partial charge is 0.371 e. The van der Waals surface area contributed by atoms with E-state index in [0.717, 1.165) is 6.42 Å². The summed E-state index contributed by atoms with van der Waals surface area (Å²) in [5.74, 6) is 1.74. The molecule has 0 spiro atoms. The van der Waals surface area contributed by atoms with Crippen LogP contribution in [0, 0.1) is 5.92 Å². The molecule has 1 aliphatic heterocycles. The van der Waals surface area contributed by atoms with Crippen LogP contribution in [0.5, 0.6) is 0 Å². The second kappa shape index (κ2) is 8.96. The number of likely N-dealkylation sites (N-methyl/N-ethyl adjacent to an activating group) is 1. The highest BCUT2D eigenvalue weighted by molar-refractivity contribution is 5.85. The van der Waals surface area contributed by atoms with E-state index < -0.39 is 0 Å². The third kappa shape index (κ3) is 4.71. The SMILES string of the molecule is CCOC(C)c1noc(CN(C)C(=O)C2CC3CCCCC3N2)n1.Cl. The number of carbonyl (C=O) groups excluding carboxylic acids is 1. The van der Waals surface area contributed by atoms with E-state index in [1.54, 1.807) is 11.9 Å². The van der Waals surface area contributed by atoms with Crippen LogP contribution in [0.1, 0.15) is 63.8 Å². The number of fused-ring (bicyclic) bond motifs is 1. The highest BCUT2D eigenvalue weighted by Crippen LogP contribution is 2.33. The Bertz CT molecular complexity index is 554. The molecule has 4 atom stereocenters. The molecular formula is C17H29ClN4O3. The Hall–Kier alpha value is -1.18. The predicted octanol–water partition coefficient (Wildman–Crippen LogP) is 2.47. The zero-order valence-electron chi connectivity index (χ0n) is 15.2. The Morgan fingerprint density at radius 3 is 2.92 bits per heavy atom. The lowest BCUT2D eigenvalue weighted by Crippen LogP contribution is -2.43. The first-order valence-corrected chi connectivity index (χ1v) is 9.03. The molecule has 7 nitrogen and oxygen atoms in total. The highest BCUT2D eigenvalue weighted by atomic mass is 35.5. The van der Waals surface area contributed by atoms with Crippen LogP contribution in [0.4, 0.5) is 0 Å². The van der Waals surface area contributed by atoms with E-state index in [1.165, 1.54) is 25.7 Å². The molecule has 2 fully saturated rings. The lowest BCUT2D eigenvalue weighted by Gasteiger charge is -2.24. The van der Waals surface area contributed by atoms with E-state index in [2.05, 4.69) is 15.5 Å². The van der Waals surface area contributed by atoms with Gasteiger partial charge in [-0.2, -0.15) is 4.98 Å². The molecule has 25 heavy (non-hydrogen) atoms. The van der Waals surface area contributed by atoms with Gasteiger partial charge in [-0.05, 0) is 39.0 Å². The van der Waals surface area contributed by atoms with Crippen molar-refractivity contribution < 1.29 is 14.1 Å². The molecule has 1 aromatic rings. The molecular weight excluding hydrogens is 344 g/mol. The minimum absolute atomic E-state index is 0. The maximum Gasteiger partial charge on any atom is 0.246 e. The van der Waals surface area contributed by atoms with Crippen molar-refractivity contribution in [1.82, 2.24) is 20.4 Å². The molecule has 0 aromatic carbocycles. The first-order chi connectivity index (χ1) is 11.6. The van der Waals surface area contributed by atoms with Gasteiger partial charge in [-0.15, -0.1) is 12.4 Å². The molecule has 0 radical (unpaired) electrons. The van der Waals surface area contributed by atoms with Gasteiger partial charge in [0.05, 0.1) is 12.6 Å². The van der Waals surface area contributed by atoms with Gasteiger partial charge in [0.2, 0.25) is 11.8 Å². The Kier molecular flexibility index (Phi) is 7.22. The maximum atomic E-state index is 12.7. The van der Waals surface area contributed by atoms with Gasteiger partial charge in [0.15, 0.2) is 5.82 Å². The summed E-state index contributed by atoms with van der Waals surface area (Å²) in [6.07, 6.45) is 5.75. The van der Waals surface area contributed by atoms with Crippen LogP contribution in [-0.2, 0) is 16.1 Å². The Morgan fingerprint density at radius 2 is 2.20 bits per heavy atom. The summed E-state index contributed by atoms with van der Waals surface area (Å²) in [6.45, 7) is 4.74. The zero-order valence-corrected chi connectivity index (χ0v) is 16.1. The Morgan fingerprint density at radius 1 is 1.44 bits per heavy atom. The first kappa shape index (κ1) is 20.1. The fraction of sp³-hybridized carbons (Fsp3) is 0.824. The number of carbonyl (C=O) groups is 1. The van der Waals surface area contributed by atoms with Gasteiger partial charge < -0.3 is 19.5 Å². The molecule has 1 amide bonds. The van der Waals surface area contributed by atoms with Crippen LogP contribution >= 0.6 is 12.4 Å². The van der Waals surface area contributed by atoms with E-state index in [0.29, 0.717) is 36.8 Å². The average Bonchev–Trinajstić information content (AvgIpc) is 3.20. The zero-order chi connectivity index (χ0) is 17.1. The number of hydrogen-bond acceptors (Lipinski definition) is 6. The van der Waals surface area contributed by atoms with Gasteiger partial charge in [-0.25, -0.2) is 0 Å². The number of amides is 1. The molecule has 0 bridgehead atoms. The molecule has 1 saturated heterocycles. The standard InChI is InChI=1S/C17H28N4O3.ClH/c1-4-23-11(2)16-19-15(24-20-16)10-21(3)17(22)14-9-12-7-5-6-8-13(12)18-14;/h11-14,18H,4-10H2,1-3H3;1H. The van der Waals surface area contributed by atoms with Gasteiger partial charge in [0.1, 0.15) is 6.10 Å². The lowest BCUT2D eigenvalue weighted by molar-refractivity contribution is -0.132. The number of aromatic nitrogens is 2. The van der Waals surface area contributed by atoms with Crippen molar-refractivity contribution in [2.75, 3.05) is 13.7 Å². The number of halogens is 1. The maximum absolute atomic E-state index is 12.7. The summed E-state index contributed by atoms with van der Waals surface area (Å²) in [6, 6.07) is 0.441. The topological polar surface area (TPSA) is 80.5 Å². The molecule has 8 heteroatoms. The third-order valence-electron chi connectivity index (χ3n) is 5.17. The van der Waals surface area contributed by atoms with Crippen LogP contribution < -0.4 is 5.32 Å². The molecule has 1 aliphatic carbocycles. The molecule has 3 rings (SSSR count). The van der Waals surface area contributed by atoms with Crippen molar-refractivity contribution in [2.24, 2.45) is 5.92 Å². The van der Waals surface area contributed by atoms with Crippen molar-refractivity contribution in [2.45, 2.75) is 70.7 Å². The fourth-order valence-electron chi connectivity index (χ4n) is 3.88. The molecule has 1 N–H and O–H groups in total. The Labute approximate surface area is 155 Å². The van der Waals surface area contributed by atoms with E-state index in [9.17, 15) is 4.79 Å². The van der Waals surface area contributed by atoms with Gasteiger partial charge >= 0.3 is 0 Å². The summed E-state index contributed by atoms with van der Waals surface area (Å²) in [5.41, 5.74) is 0. The number of ether oxygens (including phenoxy) is 1. The first-order valence-electron chi connectivity index (χ1n) is 9.03. The monoisotopic (exact) mass is 372 g/mol. The molecule has 2 aliphatic rings. The van der Waals surface area contributed by atoms with E-state index in [4.69, 9.17) is 9.26 Å². The minimum Gasteiger partial charge on any atom is -0.371 e. The summed E-state index contributed by atoms with van der Waals surface area (Å²) < 4.78 is 10.7. The molecule has 4 unspecified atom stereocenters. The number of rotatable bonds is 6. The average molecular weight is 373 g/mol. The second-order valence-corrected chi connectivity index (χ2v) is 6.94. The molecule has 1 aromatic heterocycles. The molecule has 142 valence electrons. The van der Waals surface area contributed by atoms with E-state index in [1.807, 2.05) is 13.8 Å². The smallest absolute Gasteiger partial charge is 0.246 e. The normalized spacial score (nSPS) is 26.6. The van der Waals surface area contributed by atoms with Crippen molar-refractivity contribution in [3.8, 4) is 0 Å². The number of nitrogens with zero attached hydrogens (tertiary/aromatic N) is 3. The molecule has 1 saturated carbocycles. The fourth-order valence-corrected chi connectivity index (χ4v) is 3.88. The number of hydrogen-bond donors (Lipinski definition) is 1. The van der Waals surface area contributed by atoms with Gasteiger partial charge in [0, 0.05) is 19.7 Å². The third-order valence-corrected chi connectivity index (χ3v) is 5.17. The van der Waals surface area contributed by atoms with E-state index >= 15 is 0 Å². The highest BCUT2D eigenvalue weighted by Gasteiger charge is 2.39. The quantitative estimate of drug-likeness (QED) is 0.826.